The monoisotopic (exact) mass is 439 g/mol. The number of rotatable bonds is 5. The number of halogens is 6. The summed E-state index contributed by atoms with van der Waals surface area (Å²) in [5.41, 5.74) is -2.63. The normalized spacial score (nSPS) is 11.9. The summed E-state index contributed by atoms with van der Waals surface area (Å²) in [5, 5.41) is 0. The lowest BCUT2D eigenvalue weighted by Crippen LogP contribution is -2.31. The van der Waals surface area contributed by atoms with Gasteiger partial charge in [0.15, 0.2) is 0 Å². The van der Waals surface area contributed by atoms with Crippen molar-refractivity contribution in [2.24, 2.45) is 0 Å². The zero-order chi connectivity index (χ0) is 22.6. The molecule has 3 aromatic rings. The summed E-state index contributed by atoms with van der Waals surface area (Å²) in [5.74, 6) is -0.643. The Morgan fingerprint density at radius 1 is 0.806 bits per heavy atom. The minimum absolute atomic E-state index is 0.00871. The molecule has 0 aliphatic carbocycles. The van der Waals surface area contributed by atoms with Crippen LogP contribution in [0.4, 0.5) is 26.3 Å². The average Bonchev–Trinajstić information content (AvgIpc) is 2.73. The number of alkyl halides is 6. The van der Waals surface area contributed by atoms with E-state index < -0.39 is 35.9 Å². The van der Waals surface area contributed by atoms with Gasteiger partial charge in [0.05, 0.1) is 11.1 Å². The van der Waals surface area contributed by atoms with E-state index in [0.29, 0.717) is 17.7 Å². The average molecular weight is 439 g/mol. The minimum Gasteiger partial charge on any atom is -0.329 e. The maximum atomic E-state index is 13.2. The molecule has 2 heterocycles. The third kappa shape index (κ3) is 5.80. The molecule has 0 radical (unpaired) electrons. The van der Waals surface area contributed by atoms with Gasteiger partial charge in [-0.05, 0) is 47.5 Å². The number of carbonyl (C=O) groups is 1. The highest BCUT2D eigenvalue weighted by Gasteiger charge is 2.37. The molecule has 4 nitrogen and oxygen atoms in total. The van der Waals surface area contributed by atoms with Gasteiger partial charge in [-0.1, -0.05) is 12.1 Å². The van der Waals surface area contributed by atoms with E-state index in [4.69, 9.17) is 0 Å². The summed E-state index contributed by atoms with van der Waals surface area (Å²) in [6.45, 7) is -0.571. The maximum Gasteiger partial charge on any atom is 0.416 e. The largest absolute Gasteiger partial charge is 0.416 e. The Morgan fingerprint density at radius 3 is 1.97 bits per heavy atom. The quantitative estimate of drug-likeness (QED) is 0.503. The molecule has 1 amide bonds. The molecule has 3 rings (SSSR count). The van der Waals surface area contributed by atoms with E-state index in [-0.39, 0.29) is 23.9 Å². The molecule has 0 saturated carbocycles. The molecular formula is C21H15F6N3O. The van der Waals surface area contributed by atoms with Crippen molar-refractivity contribution in [3.63, 3.8) is 0 Å². The molecule has 31 heavy (non-hydrogen) atoms. The zero-order valence-electron chi connectivity index (χ0n) is 15.8. The third-order valence-electron chi connectivity index (χ3n) is 4.29. The first kappa shape index (κ1) is 22.3. The fraction of sp³-hybridized carbons (Fsp3) is 0.190. The Balaban J connectivity index is 2.01. The third-order valence-corrected chi connectivity index (χ3v) is 4.29. The molecule has 0 atom stereocenters. The molecule has 0 fully saturated rings. The first-order chi connectivity index (χ1) is 14.5. The van der Waals surface area contributed by atoms with Crippen LogP contribution < -0.4 is 0 Å². The van der Waals surface area contributed by atoms with Crippen molar-refractivity contribution in [3.8, 4) is 0 Å². The van der Waals surface area contributed by atoms with Gasteiger partial charge in [-0.3, -0.25) is 14.8 Å². The fourth-order valence-corrected chi connectivity index (χ4v) is 2.89. The number of aromatic nitrogens is 2. The molecule has 162 valence electrons. The van der Waals surface area contributed by atoms with Crippen LogP contribution >= 0.6 is 0 Å². The minimum atomic E-state index is -4.98. The Labute approximate surface area is 173 Å². The van der Waals surface area contributed by atoms with Crippen molar-refractivity contribution in [3.05, 3.63) is 95.1 Å². The predicted molar refractivity (Wildman–Crippen MR) is 98.5 cm³/mol. The molecule has 2 aromatic heterocycles. The van der Waals surface area contributed by atoms with Gasteiger partial charge in [-0.2, -0.15) is 26.3 Å². The molecule has 0 spiro atoms. The molecular weight excluding hydrogens is 424 g/mol. The standard InChI is InChI=1S/C21H15F6N3O/c22-20(23,24)16-8-15(9-17(10-16)21(25,26)27)13-30(12-14-4-3-6-28-11-14)19(31)18-5-1-2-7-29-18/h1-11H,12-13H2. The topological polar surface area (TPSA) is 46.1 Å². The molecule has 0 unspecified atom stereocenters. The second kappa shape index (κ2) is 8.75. The number of amides is 1. The lowest BCUT2D eigenvalue weighted by atomic mass is 10.0. The number of hydrogen-bond acceptors (Lipinski definition) is 3. The highest BCUT2D eigenvalue weighted by Crippen LogP contribution is 2.36. The van der Waals surface area contributed by atoms with Gasteiger partial charge in [0.2, 0.25) is 0 Å². The molecule has 0 N–H and O–H groups in total. The molecule has 0 aliphatic rings. The Morgan fingerprint density at radius 2 is 1.45 bits per heavy atom. The Hall–Kier alpha value is -3.43. The summed E-state index contributed by atoms with van der Waals surface area (Å²) in [7, 11) is 0. The van der Waals surface area contributed by atoms with Gasteiger partial charge in [0.25, 0.3) is 5.91 Å². The number of benzene rings is 1. The second-order valence-corrected chi connectivity index (χ2v) is 6.65. The molecule has 10 heteroatoms. The van der Waals surface area contributed by atoms with Crippen molar-refractivity contribution in [1.29, 1.82) is 0 Å². The van der Waals surface area contributed by atoms with Gasteiger partial charge < -0.3 is 4.90 Å². The first-order valence-corrected chi connectivity index (χ1v) is 8.91. The fourth-order valence-electron chi connectivity index (χ4n) is 2.89. The van der Waals surface area contributed by atoms with Crippen LogP contribution in [0.3, 0.4) is 0 Å². The summed E-state index contributed by atoms with van der Waals surface area (Å²) in [6, 6.07) is 9.04. The smallest absolute Gasteiger partial charge is 0.329 e. The van der Waals surface area contributed by atoms with E-state index in [1.165, 1.54) is 24.7 Å². The lowest BCUT2D eigenvalue weighted by molar-refractivity contribution is -0.143. The Kier molecular flexibility index (Phi) is 6.28. The summed E-state index contributed by atoms with van der Waals surface area (Å²) >= 11 is 0. The van der Waals surface area contributed by atoms with Crippen molar-refractivity contribution < 1.29 is 31.1 Å². The van der Waals surface area contributed by atoms with E-state index in [1.807, 2.05) is 0 Å². The van der Waals surface area contributed by atoms with Gasteiger partial charge in [-0.15, -0.1) is 0 Å². The summed E-state index contributed by atoms with van der Waals surface area (Å²) in [4.78, 5) is 21.9. The SMILES string of the molecule is O=C(c1ccccn1)N(Cc1cccnc1)Cc1cc(C(F)(F)F)cc(C(F)(F)F)c1. The zero-order valence-corrected chi connectivity index (χ0v) is 15.8. The van der Waals surface area contributed by atoms with Gasteiger partial charge in [0.1, 0.15) is 5.69 Å². The summed E-state index contributed by atoms with van der Waals surface area (Å²) < 4.78 is 79.1. The maximum absolute atomic E-state index is 13.2. The second-order valence-electron chi connectivity index (χ2n) is 6.65. The van der Waals surface area contributed by atoms with Crippen LogP contribution in [0.25, 0.3) is 0 Å². The van der Waals surface area contributed by atoms with Crippen LogP contribution in [0.2, 0.25) is 0 Å². The van der Waals surface area contributed by atoms with Crippen LogP contribution in [0.1, 0.15) is 32.7 Å². The molecule has 0 aliphatic heterocycles. The number of nitrogens with zero attached hydrogens (tertiary/aromatic N) is 3. The van der Waals surface area contributed by atoms with Gasteiger partial charge >= 0.3 is 12.4 Å². The highest BCUT2D eigenvalue weighted by molar-refractivity contribution is 5.92. The van der Waals surface area contributed by atoms with E-state index in [1.54, 1.807) is 24.3 Å². The van der Waals surface area contributed by atoms with Crippen molar-refractivity contribution in [1.82, 2.24) is 14.9 Å². The lowest BCUT2D eigenvalue weighted by Gasteiger charge is -2.24. The Bertz CT molecular complexity index is 1000. The van der Waals surface area contributed by atoms with Crippen molar-refractivity contribution in [2.45, 2.75) is 25.4 Å². The van der Waals surface area contributed by atoms with Crippen LogP contribution in [-0.4, -0.2) is 20.8 Å². The van der Waals surface area contributed by atoms with Crippen molar-refractivity contribution >= 4 is 5.91 Å². The van der Waals surface area contributed by atoms with Crippen LogP contribution in [0.5, 0.6) is 0 Å². The highest BCUT2D eigenvalue weighted by atomic mass is 19.4. The number of carbonyl (C=O) groups excluding carboxylic acids is 1. The van der Waals surface area contributed by atoms with Gasteiger partial charge in [0, 0.05) is 31.7 Å². The van der Waals surface area contributed by atoms with Gasteiger partial charge in [-0.25, -0.2) is 0 Å². The number of pyridine rings is 2. The van der Waals surface area contributed by atoms with Crippen LogP contribution in [0.15, 0.2) is 67.1 Å². The predicted octanol–water partition coefficient (Wildman–Crippen LogP) is 5.36. The van der Waals surface area contributed by atoms with E-state index in [0.717, 1.165) is 4.90 Å². The van der Waals surface area contributed by atoms with E-state index in [2.05, 4.69) is 9.97 Å². The van der Waals surface area contributed by atoms with E-state index in [9.17, 15) is 31.1 Å². The molecule has 0 bridgehead atoms. The molecule has 1 aromatic carbocycles. The molecule has 0 saturated heterocycles. The van der Waals surface area contributed by atoms with Crippen LogP contribution in [-0.2, 0) is 25.4 Å². The first-order valence-electron chi connectivity index (χ1n) is 8.91. The van der Waals surface area contributed by atoms with Crippen molar-refractivity contribution in [2.75, 3.05) is 0 Å². The van der Waals surface area contributed by atoms with Crippen LogP contribution in [0, 0.1) is 0 Å². The summed E-state index contributed by atoms with van der Waals surface area (Å²) in [6.07, 6.45) is -5.64. The van der Waals surface area contributed by atoms with E-state index >= 15 is 0 Å². The number of hydrogen-bond donors (Lipinski definition) is 0.